The van der Waals surface area contributed by atoms with Crippen LogP contribution in [0.5, 0.6) is 0 Å². The number of nitro groups is 1. The Hall–Kier alpha value is -4.74. The number of benzene rings is 2. The lowest BCUT2D eigenvalue weighted by atomic mass is 10.2. The normalized spacial score (nSPS) is 14.1. The molecule has 12 heteroatoms. The van der Waals surface area contributed by atoms with E-state index in [-0.39, 0.29) is 17.4 Å². The Morgan fingerprint density at radius 1 is 1.00 bits per heavy atom. The maximum atomic E-state index is 13.3. The summed E-state index contributed by atoms with van der Waals surface area (Å²) in [7, 11) is 0. The molecule has 4 aromatic rings. The number of fused-ring (bicyclic) bond motifs is 1. The molecule has 0 atom stereocenters. The Morgan fingerprint density at radius 3 is 2.40 bits per heavy atom. The van der Waals surface area contributed by atoms with Crippen LogP contribution in [0.15, 0.2) is 60.9 Å². The van der Waals surface area contributed by atoms with Crippen LogP contribution >= 0.6 is 0 Å². The van der Waals surface area contributed by atoms with Gasteiger partial charge in [0, 0.05) is 44.4 Å². The van der Waals surface area contributed by atoms with Crippen LogP contribution in [0.3, 0.4) is 0 Å². The third-order valence-corrected chi connectivity index (χ3v) is 5.70. The predicted octanol–water partition coefficient (Wildman–Crippen LogP) is 2.62. The van der Waals surface area contributed by atoms with Crippen molar-refractivity contribution < 1.29 is 14.1 Å². The summed E-state index contributed by atoms with van der Waals surface area (Å²) in [6.07, 6.45) is 4.54. The van der Waals surface area contributed by atoms with Gasteiger partial charge in [-0.15, -0.1) is 5.10 Å². The van der Waals surface area contributed by atoms with Crippen molar-refractivity contribution in [1.82, 2.24) is 29.9 Å². The molecule has 1 saturated heterocycles. The van der Waals surface area contributed by atoms with Gasteiger partial charge in [-0.3, -0.25) is 14.9 Å². The van der Waals surface area contributed by atoms with E-state index in [4.69, 9.17) is 0 Å². The Labute approximate surface area is 198 Å². The number of nitro benzene ring substituents is 1. The average molecular weight is 474 g/mol. The number of hydrogen-bond donors (Lipinski definition) is 0. The van der Waals surface area contributed by atoms with Crippen LogP contribution in [-0.4, -0.2) is 66.9 Å². The van der Waals surface area contributed by atoms with E-state index in [0.29, 0.717) is 54.4 Å². The number of piperazine rings is 1. The van der Waals surface area contributed by atoms with Gasteiger partial charge in [-0.25, -0.2) is 14.4 Å². The zero-order valence-electron chi connectivity index (χ0n) is 18.4. The van der Waals surface area contributed by atoms with Gasteiger partial charge in [-0.2, -0.15) is 4.68 Å². The summed E-state index contributed by atoms with van der Waals surface area (Å²) in [6, 6.07) is 11.9. The van der Waals surface area contributed by atoms with Crippen LogP contribution in [0.4, 0.5) is 15.9 Å². The molecular weight excluding hydrogens is 455 g/mol. The average Bonchev–Trinajstić information content (AvgIpc) is 3.32. The van der Waals surface area contributed by atoms with Crippen molar-refractivity contribution in [3.8, 4) is 5.69 Å². The molecule has 0 unspecified atom stereocenters. The van der Waals surface area contributed by atoms with Gasteiger partial charge in [0.1, 0.15) is 12.1 Å². The van der Waals surface area contributed by atoms with E-state index in [1.54, 1.807) is 35.2 Å². The highest BCUT2D eigenvalue weighted by atomic mass is 19.1. The molecule has 2 aromatic heterocycles. The first-order valence-corrected chi connectivity index (χ1v) is 10.8. The Bertz CT molecular complexity index is 1410. The second-order valence-corrected chi connectivity index (χ2v) is 7.84. The molecule has 11 nitrogen and oxygen atoms in total. The number of hydrogen-bond acceptors (Lipinski definition) is 8. The summed E-state index contributed by atoms with van der Waals surface area (Å²) < 4.78 is 14.8. The molecule has 176 valence electrons. The minimum atomic E-state index is -0.465. The van der Waals surface area contributed by atoms with Gasteiger partial charge in [-0.1, -0.05) is 5.21 Å². The fraction of sp³-hybridized carbons (Fsp3) is 0.174. The molecule has 0 saturated carbocycles. The lowest BCUT2D eigenvalue weighted by Gasteiger charge is -2.34. The Morgan fingerprint density at radius 2 is 1.71 bits per heavy atom. The zero-order chi connectivity index (χ0) is 24.4. The maximum Gasteiger partial charge on any atom is 0.269 e. The SMILES string of the molecule is O=C(/C=C\c1ccc([N+](=O)[O-])cc1)N1CCN(c2ncnc3c2nnn3-c2ccc(F)cc2)CC1. The number of non-ortho nitro benzene ring substituents is 1. The monoisotopic (exact) mass is 474 g/mol. The van der Waals surface area contributed by atoms with Gasteiger partial charge < -0.3 is 9.80 Å². The molecular formula is C23H19FN8O3. The molecule has 1 aliphatic heterocycles. The summed E-state index contributed by atoms with van der Waals surface area (Å²) in [4.78, 5) is 35.4. The summed E-state index contributed by atoms with van der Waals surface area (Å²) in [5, 5.41) is 19.2. The highest BCUT2D eigenvalue weighted by Gasteiger charge is 2.24. The number of carbonyl (C=O) groups excluding carboxylic acids is 1. The third kappa shape index (κ3) is 4.53. The van der Waals surface area contributed by atoms with Gasteiger partial charge >= 0.3 is 0 Å². The number of carbonyl (C=O) groups is 1. The molecule has 3 heterocycles. The van der Waals surface area contributed by atoms with Crippen molar-refractivity contribution in [1.29, 1.82) is 0 Å². The first-order valence-electron chi connectivity index (χ1n) is 10.8. The maximum absolute atomic E-state index is 13.3. The van der Waals surface area contributed by atoms with Crippen molar-refractivity contribution in [2.45, 2.75) is 0 Å². The number of aromatic nitrogens is 5. The van der Waals surface area contributed by atoms with Crippen LogP contribution in [0, 0.1) is 15.9 Å². The Balaban J connectivity index is 1.26. The van der Waals surface area contributed by atoms with Crippen molar-refractivity contribution in [2.24, 2.45) is 0 Å². The number of nitrogens with zero attached hydrogens (tertiary/aromatic N) is 8. The molecule has 35 heavy (non-hydrogen) atoms. The van der Waals surface area contributed by atoms with E-state index < -0.39 is 4.92 Å². The van der Waals surface area contributed by atoms with Crippen LogP contribution in [0.25, 0.3) is 22.9 Å². The van der Waals surface area contributed by atoms with E-state index >= 15 is 0 Å². The minimum absolute atomic E-state index is 0.00104. The molecule has 5 rings (SSSR count). The van der Waals surface area contributed by atoms with E-state index in [2.05, 4.69) is 20.3 Å². The summed E-state index contributed by atoms with van der Waals surface area (Å²) in [6.45, 7) is 2.07. The lowest BCUT2D eigenvalue weighted by molar-refractivity contribution is -0.384. The smallest absolute Gasteiger partial charge is 0.269 e. The molecule has 1 amide bonds. The lowest BCUT2D eigenvalue weighted by Crippen LogP contribution is -2.48. The van der Waals surface area contributed by atoms with E-state index in [0.717, 1.165) is 0 Å². The first-order chi connectivity index (χ1) is 17.0. The van der Waals surface area contributed by atoms with E-state index in [1.807, 2.05) is 4.90 Å². The summed E-state index contributed by atoms with van der Waals surface area (Å²) in [5.74, 6) is 0.137. The van der Waals surface area contributed by atoms with Crippen LogP contribution in [0.1, 0.15) is 5.56 Å². The van der Waals surface area contributed by atoms with Gasteiger partial charge in [0.25, 0.3) is 5.69 Å². The second kappa shape index (κ2) is 9.25. The molecule has 0 spiro atoms. The van der Waals surface area contributed by atoms with Crippen molar-refractivity contribution in [3.05, 3.63) is 82.4 Å². The molecule has 0 bridgehead atoms. The number of rotatable bonds is 5. The second-order valence-electron chi connectivity index (χ2n) is 7.84. The molecule has 1 aliphatic rings. The minimum Gasteiger partial charge on any atom is -0.351 e. The molecule has 0 N–H and O–H groups in total. The molecule has 1 fully saturated rings. The largest absolute Gasteiger partial charge is 0.351 e. The van der Waals surface area contributed by atoms with Crippen LogP contribution in [-0.2, 0) is 4.79 Å². The quantitative estimate of drug-likeness (QED) is 0.246. The van der Waals surface area contributed by atoms with Crippen molar-refractivity contribution >= 4 is 34.7 Å². The summed E-state index contributed by atoms with van der Waals surface area (Å²) >= 11 is 0. The van der Waals surface area contributed by atoms with Crippen molar-refractivity contribution in [2.75, 3.05) is 31.1 Å². The van der Waals surface area contributed by atoms with Gasteiger partial charge in [0.2, 0.25) is 5.91 Å². The zero-order valence-corrected chi connectivity index (χ0v) is 18.4. The van der Waals surface area contributed by atoms with E-state index in [1.165, 1.54) is 41.4 Å². The fourth-order valence-corrected chi connectivity index (χ4v) is 3.84. The van der Waals surface area contributed by atoms with Crippen molar-refractivity contribution in [3.63, 3.8) is 0 Å². The first kappa shape index (κ1) is 22.1. The number of anilines is 1. The van der Waals surface area contributed by atoms with Gasteiger partial charge in [0.15, 0.2) is 17.0 Å². The number of amides is 1. The third-order valence-electron chi connectivity index (χ3n) is 5.70. The fourth-order valence-electron chi connectivity index (χ4n) is 3.84. The van der Waals surface area contributed by atoms with Gasteiger partial charge in [-0.05, 0) is 48.0 Å². The van der Waals surface area contributed by atoms with Crippen LogP contribution < -0.4 is 4.90 Å². The highest BCUT2D eigenvalue weighted by molar-refractivity contribution is 5.92. The molecule has 2 aromatic carbocycles. The molecule has 0 radical (unpaired) electrons. The van der Waals surface area contributed by atoms with Crippen LogP contribution in [0.2, 0.25) is 0 Å². The Kier molecular flexibility index (Phi) is 5.83. The van der Waals surface area contributed by atoms with Gasteiger partial charge in [0.05, 0.1) is 10.6 Å². The standard InChI is InChI=1S/C23H19FN8O3/c24-17-4-8-18(9-5-17)31-23-21(27-28-31)22(25-15-26-23)30-13-11-29(12-14-30)20(33)10-3-16-1-6-19(7-2-16)32(34)35/h1-10,15H,11-14H2/b10-3-. The molecule has 0 aliphatic carbocycles. The van der Waals surface area contributed by atoms with E-state index in [9.17, 15) is 19.3 Å². The summed E-state index contributed by atoms with van der Waals surface area (Å²) in [5.41, 5.74) is 2.37. The topological polar surface area (TPSA) is 123 Å². The number of halogens is 1. The highest BCUT2D eigenvalue weighted by Crippen LogP contribution is 2.24. The predicted molar refractivity (Wildman–Crippen MR) is 125 cm³/mol.